The highest BCUT2D eigenvalue weighted by Crippen LogP contribution is 2.35. The molecule has 3 fully saturated rings. The molecule has 16 nitrogen and oxygen atoms in total. The maximum Gasteiger partial charge on any atom is 0.270 e. The number of likely N-dealkylation sites (tertiary alicyclic amines) is 1. The summed E-state index contributed by atoms with van der Waals surface area (Å²) in [6.45, 7) is 5.74. The van der Waals surface area contributed by atoms with Crippen LogP contribution in [0.15, 0.2) is 49.1 Å². The van der Waals surface area contributed by atoms with Crippen molar-refractivity contribution in [3.05, 3.63) is 71.6 Å². The molecular weight excluding hydrogens is 715 g/mol. The molecule has 0 bridgehead atoms. The molecule has 0 radical (unpaired) electrons. The molecule has 56 heavy (non-hydrogen) atoms. The lowest BCUT2D eigenvalue weighted by Gasteiger charge is -2.36. The number of nitrogens with one attached hydrogen (secondary N) is 4. The van der Waals surface area contributed by atoms with Crippen molar-refractivity contribution < 1.29 is 24.0 Å². The molecule has 5 amide bonds. The number of piperidine rings is 2. The molecule has 4 N–H and O–H groups in total. The molecule has 16 heteroatoms. The number of hydrogen-bond donors (Lipinski definition) is 4. The number of aryl methyl sites for hydroxylation is 1. The zero-order valence-corrected chi connectivity index (χ0v) is 31.5. The first-order chi connectivity index (χ1) is 27.2. The molecular formula is C40H47N11O5. The fourth-order valence-corrected chi connectivity index (χ4v) is 8.21. The van der Waals surface area contributed by atoms with Gasteiger partial charge < -0.3 is 25.4 Å². The van der Waals surface area contributed by atoms with Crippen molar-refractivity contribution in [2.75, 3.05) is 36.8 Å². The Morgan fingerprint density at radius 2 is 1.70 bits per heavy atom. The fourth-order valence-electron chi connectivity index (χ4n) is 8.21. The van der Waals surface area contributed by atoms with Crippen LogP contribution in [0.1, 0.15) is 107 Å². The third kappa shape index (κ3) is 7.83. The number of hydrogen-bond acceptors (Lipinski definition) is 12. The molecule has 1 atom stereocenters. The molecule has 4 aliphatic rings. The summed E-state index contributed by atoms with van der Waals surface area (Å²) in [5.41, 5.74) is 4.16. The Hall–Kier alpha value is -5.77. The predicted molar refractivity (Wildman–Crippen MR) is 207 cm³/mol. The third-order valence-corrected chi connectivity index (χ3v) is 11.4. The van der Waals surface area contributed by atoms with Gasteiger partial charge in [0, 0.05) is 55.6 Å². The number of pyridine rings is 1. The van der Waals surface area contributed by atoms with Crippen molar-refractivity contribution in [3.63, 3.8) is 0 Å². The second kappa shape index (κ2) is 16.1. The number of nitrogens with zero attached hydrogens (tertiary/aromatic N) is 7. The minimum Gasteiger partial charge on any atom is -0.385 e. The van der Waals surface area contributed by atoms with Crippen molar-refractivity contribution in [1.82, 2.24) is 44.9 Å². The standard InChI is InChI=1S/C40H47N11O5/c1-24-7-6-8-31(45-24)37(53)47-27-19-28(20-27)50-23-44-34-35(42-22-43-36(34)50)46-25-13-17-49(18-14-25)16-5-3-2-4-15-41-26-9-10-29-30(21-26)40(56)51(39(29)55)32-11-12-33(52)48-38(32)54/h6-10,21-23,25,27-28,32,41H,2-5,11-20H2,1H3,(H,47,53)(H,42,43,46)(H,48,52,54)/t27?,28?,32-/m0/s1. The second-order valence-electron chi connectivity index (χ2n) is 15.3. The summed E-state index contributed by atoms with van der Waals surface area (Å²) < 4.78 is 2.10. The van der Waals surface area contributed by atoms with Gasteiger partial charge in [0.1, 0.15) is 23.6 Å². The summed E-state index contributed by atoms with van der Waals surface area (Å²) in [5.74, 6) is -1.37. The van der Waals surface area contributed by atoms with Gasteiger partial charge >= 0.3 is 0 Å². The summed E-state index contributed by atoms with van der Waals surface area (Å²) in [6.07, 6.45) is 11.6. The zero-order chi connectivity index (χ0) is 38.8. The van der Waals surface area contributed by atoms with E-state index in [1.165, 1.54) is 0 Å². The molecule has 1 aliphatic carbocycles. The number of fused-ring (bicyclic) bond motifs is 2. The number of amides is 5. The van der Waals surface area contributed by atoms with E-state index in [0.717, 1.165) is 111 Å². The van der Waals surface area contributed by atoms with E-state index in [-0.39, 0.29) is 42.0 Å². The van der Waals surface area contributed by atoms with Gasteiger partial charge in [-0.05, 0) is 88.7 Å². The van der Waals surface area contributed by atoms with Gasteiger partial charge in [0.15, 0.2) is 11.5 Å². The van der Waals surface area contributed by atoms with Crippen LogP contribution in [-0.4, -0.2) is 108 Å². The maximum absolute atomic E-state index is 13.1. The van der Waals surface area contributed by atoms with E-state index in [2.05, 4.69) is 45.7 Å². The van der Waals surface area contributed by atoms with Crippen molar-refractivity contribution in [1.29, 1.82) is 0 Å². The number of carbonyl (C=O) groups excluding carboxylic acids is 5. The average molecular weight is 762 g/mol. The van der Waals surface area contributed by atoms with Gasteiger partial charge in [0.25, 0.3) is 17.7 Å². The van der Waals surface area contributed by atoms with Crippen molar-refractivity contribution in [2.24, 2.45) is 0 Å². The molecule has 1 saturated carbocycles. The summed E-state index contributed by atoms with van der Waals surface area (Å²) in [6, 6.07) is 10.2. The quantitative estimate of drug-likeness (QED) is 0.108. The van der Waals surface area contributed by atoms with E-state index in [4.69, 9.17) is 4.98 Å². The van der Waals surface area contributed by atoms with Gasteiger partial charge in [-0.15, -0.1) is 0 Å². The van der Waals surface area contributed by atoms with Gasteiger partial charge in [-0.3, -0.25) is 34.2 Å². The first-order valence-electron chi connectivity index (χ1n) is 19.7. The second-order valence-corrected chi connectivity index (χ2v) is 15.3. The predicted octanol–water partition coefficient (Wildman–Crippen LogP) is 3.61. The smallest absolute Gasteiger partial charge is 0.270 e. The number of benzene rings is 1. The third-order valence-electron chi connectivity index (χ3n) is 11.4. The minimum atomic E-state index is -0.966. The highest BCUT2D eigenvalue weighted by Gasteiger charge is 2.44. The average Bonchev–Trinajstić information content (AvgIpc) is 3.71. The molecule has 0 spiro atoms. The first-order valence-corrected chi connectivity index (χ1v) is 19.7. The van der Waals surface area contributed by atoms with Crippen LogP contribution in [0.4, 0.5) is 11.5 Å². The topological polar surface area (TPSA) is 196 Å². The number of imidazole rings is 1. The van der Waals surface area contributed by atoms with Crippen LogP contribution in [-0.2, 0) is 9.59 Å². The molecule has 3 aliphatic heterocycles. The molecule has 3 aromatic heterocycles. The van der Waals surface area contributed by atoms with Crippen molar-refractivity contribution in [3.8, 4) is 0 Å². The lowest BCUT2D eigenvalue weighted by molar-refractivity contribution is -0.136. The van der Waals surface area contributed by atoms with Crippen LogP contribution in [0.25, 0.3) is 11.2 Å². The van der Waals surface area contributed by atoms with Gasteiger partial charge in [0.05, 0.1) is 17.5 Å². The summed E-state index contributed by atoms with van der Waals surface area (Å²) in [7, 11) is 0. The van der Waals surface area contributed by atoms with Crippen LogP contribution in [0.3, 0.4) is 0 Å². The maximum atomic E-state index is 13.1. The van der Waals surface area contributed by atoms with Gasteiger partial charge in [-0.1, -0.05) is 18.9 Å². The summed E-state index contributed by atoms with van der Waals surface area (Å²) in [5, 5.41) is 12.3. The Balaban J connectivity index is 0.721. The summed E-state index contributed by atoms with van der Waals surface area (Å²) >= 11 is 0. The molecule has 4 aromatic rings. The normalized spacial score (nSPS) is 21.5. The van der Waals surface area contributed by atoms with Gasteiger partial charge in [-0.25, -0.2) is 19.9 Å². The summed E-state index contributed by atoms with van der Waals surface area (Å²) in [4.78, 5) is 84.2. The minimum absolute atomic E-state index is 0.0862. The van der Waals surface area contributed by atoms with E-state index in [1.807, 2.05) is 25.4 Å². The Kier molecular flexibility index (Phi) is 10.7. The molecule has 6 heterocycles. The Morgan fingerprint density at radius 1 is 0.893 bits per heavy atom. The fraction of sp³-hybridized carbons (Fsp3) is 0.475. The molecule has 8 rings (SSSR count). The van der Waals surface area contributed by atoms with E-state index >= 15 is 0 Å². The number of anilines is 2. The van der Waals surface area contributed by atoms with E-state index in [9.17, 15) is 24.0 Å². The molecule has 2 saturated heterocycles. The van der Waals surface area contributed by atoms with Crippen LogP contribution < -0.4 is 21.3 Å². The number of aromatic nitrogens is 5. The number of imide groups is 2. The number of carbonyl (C=O) groups is 5. The van der Waals surface area contributed by atoms with Crippen LogP contribution >= 0.6 is 0 Å². The van der Waals surface area contributed by atoms with Gasteiger partial charge in [-0.2, -0.15) is 0 Å². The number of unbranched alkanes of at least 4 members (excludes halogenated alkanes) is 3. The van der Waals surface area contributed by atoms with E-state index in [1.54, 1.807) is 30.6 Å². The van der Waals surface area contributed by atoms with Crippen molar-refractivity contribution in [2.45, 2.75) is 95.3 Å². The Bertz CT molecular complexity index is 2160. The van der Waals surface area contributed by atoms with Crippen LogP contribution in [0.5, 0.6) is 0 Å². The zero-order valence-electron chi connectivity index (χ0n) is 31.5. The Morgan fingerprint density at radius 3 is 2.50 bits per heavy atom. The highest BCUT2D eigenvalue weighted by molar-refractivity contribution is 6.23. The van der Waals surface area contributed by atoms with Crippen molar-refractivity contribution >= 4 is 52.2 Å². The molecule has 0 unspecified atom stereocenters. The van der Waals surface area contributed by atoms with Crippen LogP contribution in [0, 0.1) is 6.92 Å². The van der Waals surface area contributed by atoms with Crippen LogP contribution in [0.2, 0.25) is 0 Å². The SMILES string of the molecule is Cc1cccc(C(=O)NC2CC(n3cnc4c(NC5CCN(CCCCCCNc6ccc7c(c6)C(=O)N([C@H]6CCC(=O)NC6=O)C7=O)CC5)ncnc43)C2)n1. The largest absolute Gasteiger partial charge is 0.385 e. The number of rotatable bonds is 14. The monoisotopic (exact) mass is 761 g/mol. The molecule has 1 aromatic carbocycles. The Labute approximate surface area is 324 Å². The first kappa shape index (κ1) is 37.2. The molecule has 292 valence electrons. The highest BCUT2D eigenvalue weighted by atomic mass is 16.2. The lowest BCUT2D eigenvalue weighted by Crippen LogP contribution is -2.54. The van der Waals surface area contributed by atoms with E-state index in [0.29, 0.717) is 11.7 Å². The van der Waals surface area contributed by atoms with Gasteiger partial charge in [0.2, 0.25) is 11.8 Å². The van der Waals surface area contributed by atoms with E-state index < -0.39 is 29.7 Å². The lowest BCUT2D eigenvalue weighted by atomic mass is 9.86.